The van der Waals surface area contributed by atoms with Gasteiger partial charge in [-0.05, 0) is 30.0 Å². The van der Waals surface area contributed by atoms with Crippen LogP contribution >= 0.6 is 0 Å². The van der Waals surface area contributed by atoms with Gasteiger partial charge in [-0.3, -0.25) is 14.2 Å². The van der Waals surface area contributed by atoms with Crippen molar-refractivity contribution in [2.45, 2.75) is 32.4 Å². The lowest BCUT2D eigenvalue weighted by atomic mass is 9.97. The van der Waals surface area contributed by atoms with Gasteiger partial charge in [0.25, 0.3) is 5.56 Å². The molecule has 0 bridgehead atoms. The molecule has 0 unspecified atom stereocenters. The van der Waals surface area contributed by atoms with Gasteiger partial charge in [0.2, 0.25) is 5.91 Å². The fourth-order valence-corrected chi connectivity index (χ4v) is 4.78. The second-order valence-corrected chi connectivity index (χ2v) is 8.71. The zero-order chi connectivity index (χ0) is 23.5. The van der Waals surface area contributed by atoms with Gasteiger partial charge in [0.05, 0.1) is 24.7 Å². The molecule has 34 heavy (non-hydrogen) atoms. The first-order valence-corrected chi connectivity index (χ1v) is 11.6. The lowest BCUT2D eigenvalue weighted by Crippen LogP contribution is -2.42. The fourth-order valence-electron chi connectivity index (χ4n) is 4.78. The molecule has 5 rings (SSSR count). The highest BCUT2D eigenvalue weighted by Crippen LogP contribution is 2.27. The van der Waals surface area contributed by atoms with Crippen LogP contribution in [-0.4, -0.2) is 26.9 Å². The molecule has 1 aliphatic heterocycles. The molecule has 2 heterocycles. The Morgan fingerprint density at radius 1 is 0.882 bits per heavy atom. The average Bonchev–Trinajstić information content (AvgIpc) is 2.88. The SMILES string of the molecule is Cc1nc2c(c(=O)n1C(c1ccccc1)c1ccccc1)CCN(C(=O)Cc1ccccc1)C2. The third kappa shape index (κ3) is 4.29. The number of rotatable bonds is 5. The van der Waals surface area contributed by atoms with E-state index in [0.29, 0.717) is 43.0 Å². The first-order chi connectivity index (χ1) is 16.6. The predicted octanol–water partition coefficient (Wildman–Crippen LogP) is 4.32. The van der Waals surface area contributed by atoms with E-state index in [-0.39, 0.29) is 17.5 Å². The van der Waals surface area contributed by atoms with Crippen LogP contribution in [0.25, 0.3) is 0 Å². The van der Waals surface area contributed by atoms with Crippen molar-refractivity contribution in [1.29, 1.82) is 0 Å². The number of amides is 1. The molecule has 0 saturated carbocycles. The summed E-state index contributed by atoms with van der Waals surface area (Å²) in [5.41, 5.74) is 4.48. The first-order valence-electron chi connectivity index (χ1n) is 11.6. The summed E-state index contributed by atoms with van der Waals surface area (Å²) < 4.78 is 1.81. The molecule has 5 nitrogen and oxygen atoms in total. The van der Waals surface area contributed by atoms with E-state index in [4.69, 9.17) is 4.98 Å². The third-order valence-corrected chi connectivity index (χ3v) is 6.48. The number of benzene rings is 3. The van der Waals surface area contributed by atoms with Crippen LogP contribution in [0.5, 0.6) is 0 Å². The second kappa shape index (κ2) is 9.48. The topological polar surface area (TPSA) is 55.2 Å². The first kappa shape index (κ1) is 21.8. The molecule has 0 fully saturated rings. The molecular formula is C29H27N3O2. The lowest BCUT2D eigenvalue weighted by molar-refractivity contribution is -0.131. The van der Waals surface area contributed by atoms with Gasteiger partial charge in [-0.2, -0.15) is 0 Å². The molecule has 0 spiro atoms. The largest absolute Gasteiger partial charge is 0.336 e. The van der Waals surface area contributed by atoms with E-state index in [0.717, 1.165) is 16.7 Å². The van der Waals surface area contributed by atoms with Crippen molar-refractivity contribution in [3.05, 3.63) is 135 Å². The van der Waals surface area contributed by atoms with E-state index < -0.39 is 0 Å². The maximum Gasteiger partial charge on any atom is 0.257 e. The minimum absolute atomic E-state index is 0.0182. The van der Waals surface area contributed by atoms with E-state index >= 15 is 0 Å². The smallest absolute Gasteiger partial charge is 0.257 e. The van der Waals surface area contributed by atoms with Crippen LogP contribution < -0.4 is 5.56 Å². The van der Waals surface area contributed by atoms with Crippen molar-refractivity contribution in [3.63, 3.8) is 0 Å². The zero-order valence-electron chi connectivity index (χ0n) is 19.2. The standard InChI is InChI=1S/C29H27N3O2/c1-21-30-26-20-31(27(33)19-22-11-5-2-6-12-22)18-17-25(26)29(34)32(21)28(23-13-7-3-8-14-23)24-15-9-4-10-16-24/h2-16,28H,17-20H2,1H3. The predicted molar refractivity (Wildman–Crippen MR) is 133 cm³/mol. The number of carbonyl (C=O) groups is 1. The van der Waals surface area contributed by atoms with Crippen LogP contribution in [0, 0.1) is 6.92 Å². The van der Waals surface area contributed by atoms with Crippen LogP contribution in [0.3, 0.4) is 0 Å². The van der Waals surface area contributed by atoms with Crippen LogP contribution in [0.15, 0.2) is 95.8 Å². The summed E-state index contributed by atoms with van der Waals surface area (Å²) in [6, 6.07) is 29.6. The maximum absolute atomic E-state index is 13.8. The minimum Gasteiger partial charge on any atom is -0.336 e. The summed E-state index contributed by atoms with van der Waals surface area (Å²) in [4.78, 5) is 33.4. The van der Waals surface area contributed by atoms with Gasteiger partial charge in [-0.15, -0.1) is 0 Å². The van der Waals surface area contributed by atoms with Gasteiger partial charge in [-0.1, -0.05) is 91.0 Å². The summed E-state index contributed by atoms with van der Waals surface area (Å²) in [5.74, 6) is 0.714. The van der Waals surface area contributed by atoms with Gasteiger partial charge in [-0.25, -0.2) is 4.98 Å². The highest BCUT2D eigenvalue weighted by atomic mass is 16.2. The molecular weight excluding hydrogens is 422 g/mol. The number of aryl methyl sites for hydroxylation is 1. The molecule has 170 valence electrons. The van der Waals surface area contributed by atoms with E-state index in [9.17, 15) is 9.59 Å². The quantitative estimate of drug-likeness (QED) is 0.456. The molecule has 1 aliphatic rings. The van der Waals surface area contributed by atoms with Crippen molar-refractivity contribution in [1.82, 2.24) is 14.5 Å². The number of carbonyl (C=O) groups excluding carboxylic acids is 1. The molecule has 0 saturated heterocycles. The Kier molecular flexibility index (Phi) is 6.09. The summed E-state index contributed by atoms with van der Waals surface area (Å²) in [7, 11) is 0. The van der Waals surface area contributed by atoms with E-state index in [1.807, 2.05) is 107 Å². The number of hydrogen-bond donors (Lipinski definition) is 0. The molecule has 1 amide bonds. The van der Waals surface area contributed by atoms with Crippen LogP contribution in [0.1, 0.15) is 39.8 Å². The molecule has 0 aliphatic carbocycles. The summed E-state index contributed by atoms with van der Waals surface area (Å²) in [6.45, 7) is 2.78. The van der Waals surface area contributed by atoms with E-state index in [1.165, 1.54) is 0 Å². The van der Waals surface area contributed by atoms with Crippen LogP contribution in [0.4, 0.5) is 0 Å². The lowest BCUT2D eigenvalue weighted by Gasteiger charge is -2.30. The summed E-state index contributed by atoms with van der Waals surface area (Å²) >= 11 is 0. The molecule has 3 aromatic carbocycles. The van der Waals surface area contributed by atoms with E-state index in [2.05, 4.69) is 0 Å². The summed E-state index contributed by atoms with van der Waals surface area (Å²) in [5, 5.41) is 0. The van der Waals surface area contributed by atoms with Gasteiger partial charge in [0, 0.05) is 12.1 Å². The van der Waals surface area contributed by atoms with Crippen molar-refractivity contribution < 1.29 is 4.79 Å². The molecule has 0 atom stereocenters. The normalized spacial score (nSPS) is 13.1. The monoisotopic (exact) mass is 449 g/mol. The Hall–Kier alpha value is -3.99. The Balaban J connectivity index is 1.50. The van der Waals surface area contributed by atoms with Gasteiger partial charge in [0.15, 0.2) is 0 Å². The van der Waals surface area contributed by atoms with Crippen molar-refractivity contribution in [3.8, 4) is 0 Å². The number of nitrogens with zero attached hydrogens (tertiary/aromatic N) is 3. The van der Waals surface area contributed by atoms with Crippen molar-refractivity contribution in [2.24, 2.45) is 0 Å². The fraction of sp³-hybridized carbons (Fsp3) is 0.207. The van der Waals surface area contributed by atoms with Crippen molar-refractivity contribution >= 4 is 5.91 Å². The number of aromatic nitrogens is 2. The Morgan fingerprint density at radius 3 is 2.03 bits per heavy atom. The molecule has 0 radical (unpaired) electrons. The highest BCUT2D eigenvalue weighted by molar-refractivity contribution is 5.79. The Morgan fingerprint density at radius 2 is 1.44 bits per heavy atom. The van der Waals surface area contributed by atoms with Gasteiger partial charge in [0.1, 0.15) is 5.82 Å². The second-order valence-electron chi connectivity index (χ2n) is 8.71. The van der Waals surface area contributed by atoms with E-state index in [1.54, 1.807) is 0 Å². The molecule has 0 N–H and O–H groups in total. The average molecular weight is 450 g/mol. The van der Waals surface area contributed by atoms with Crippen LogP contribution in [-0.2, 0) is 24.2 Å². The number of fused-ring (bicyclic) bond motifs is 1. The zero-order valence-corrected chi connectivity index (χ0v) is 19.2. The minimum atomic E-state index is -0.259. The number of hydrogen-bond acceptors (Lipinski definition) is 3. The summed E-state index contributed by atoms with van der Waals surface area (Å²) in [6.07, 6.45) is 0.870. The maximum atomic E-state index is 13.8. The van der Waals surface area contributed by atoms with Gasteiger partial charge < -0.3 is 4.90 Å². The van der Waals surface area contributed by atoms with Gasteiger partial charge >= 0.3 is 0 Å². The molecule has 5 heteroatoms. The third-order valence-electron chi connectivity index (χ3n) is 6.48. The highest BCUT2D eigenvalue weighted by Gasteiger charge is 2.28. The Labute approximate surface area is 199 Å². The molecule has 1 aromatic heterocycles. The molecule has 4 aromatic rings. The van der Waals surface area contributed by atoms with Crippen LogP contribution in [0.2, 0.25) is 0 Å². The van der Waals surface area contributed by atoms with Crippen molar-refractivity contribution in [2.75, 3.05) is 6.54 Å². The Bertz CT molecular complexity index is 1310.